The summed E-state index contributed by atoms with van der Waals surface area (Å²) in [7, 11) is -4.04. The number of aliphatic hydroxyl groups is 1. The molecule has 3 aromatic rings. The van der Waals surface area contributed by atoms with Gasteiger partial charge in [0.15, 0.2) is 0 Å². The highest BCUT2D eigenvalue weighted by atomic mass is 32.2. The molecule has 1 fully saturated rings. The van der Waals surface area contributed by atoms with Crippen molar-refractivity contribution >= 4 is 42.8 Å². The third kappa shape index (κ3) is 3.63. The summed E-state index contributed by atoms with van der Waals surface area (Å²) >= 11 is 1.05. The molecule has 1 aromatic carbocycles. The van der Waals surface area contributed by atoms with Crippen molar-refractivity contribution in [3.8, 4) is 0 Å². The lowest BCUT2D eigenvalue weighted by molar-refractivity contribution is 0.0964. The number of benzene rings is 1. The summed E-state index contributed by atoms with van der Waals surface area (Å²) in [4.78, 5) is 16.3. The number of aromatic nitrogens is 1. The fourth-order valence-electron chi connectivity index (χ4n) is 3.39. The number of β-amino-alcohol motifs (C(OH)–C–C–N with tert-alkyl or cyclic N) is 1. The lowest BCUT2D eigenvalue weighted by atomic mass is 9.90. The Morgan fingerprint density at radius 3 is 2.76 bits per heavy atom. The summed E-state index contributed by atoms with van der Waals surface area (Å²) in [6, 6.07) is 6.97. The molecule has 0 amide bonds. The summed E-state index contributed by atoms with van der Waals surface area (Å²) < 4.78 is 42.2. The Morgan fingerprint density at radius 2 is 2.07 bits per heavy atom. The number of H-pyrrole nitrogens is 1. The molecule has 0 bridgehead atoms. The van der Waals surface area contributed by atoms with Gasteiger partial charge < -0.3 is 15.0 Å². The molecule has 3 heterocycles. The minimum absolute atomic E-state index is 0.0214. The quantitative estimate of drug-likeness (QED) is 0.583. The van der Waals surface area contributed by atoms with Crippen LogP contribution < -0.4 is 15.2 Å². The molecule has 2 aromatic heterocycles. The summed E-state index contributed by atoms with van der Waals surface area (Å²) in [5.74, 6) is -0.770. The van der Waals surface area contributed by atoms with Gasteiger partial charge >= 0.3 is 0 Å². The maximum Gasteiger partial charge on any atom is 0.271 e. The van der Waals surface area contributed by atoms with E-state index in [-0.39, 0.29) is 20.7 Å². The molecule has 1 aliphatic heterocycles. The lowest BCUT2D eigenvalue weighted by Gasteiger charge is -2.21. The second kappa shape index (κ2) is 6.82. The first-order valence-electron chi connectivity index (χ1n) is 8.93. The van der Waals surface area contributed by atoms with E-state index in [1.165, 1.54) is 24.4 Å². The van der Waals surface area contributed by atoms with Crippen molar-refractivity contribution in [2.45, 2.75) is 24.2 Å². The van der Waals surface area contributed by atoms with Crippen LogP contribution in [0.15, 0.2) is 45.5 Å². The van der Waals surface area contributed by atoms with Crippen molar-refractivity contribution in [2.75, 3.05) is 22.7 Å². The molecule has 3 N–H and O–H groups in total. The first kappa shape index (κ1) is 19.9. The molecule has 29 heavy (non-hydrogen) atoms. The SMILES string of the molecule is CC1(C)CN(c2ccc(S(=O)(=O)Nc3cc4c(=O)[nH]ccc4cc3F)s2)C[C@@H]1O. The maximum atomic E-state index is 14.4. The van der Waals surface area contributed by atoms with Gasteiger partial charge in [0.05, 0.1) is 16.8 Å². The van der Waals surface area contributed by atoms with Gasteiger partial charge in [-0.05, 0) is 35.7 Å². The summed E-state index contributed by atoms with van der Waals surface area (Å²) in [6.07, 6.45) is 0.894. The van der Waals surface area contributed by atoms with E-state index in [0.717, 1.165) is 17.4 Å². The zero-order valence-electron chi connectivity index (χ0n) is 15.8. The number of rotatable bonds is 4. The predicted octanol–water partition coefficient (Wildman–Crippen LogP) is 2.74. The Bertz CT molecular complexity index is 1250. The fourth-order valence-corrected chi connectivity index (χ4v) is 5.75. The van der Waals surface area contributed by atoms with E-state index in [1.807, 2.05) is 18.7 Å². The van der Waals surface area contributed by atoms with Crippen molar-refractivity contribution in [1.82, 2.24) is 4.98 Å². The second-order valence-electron chi connectivity index (χ2n) is 7.81. The lowest BCUT2D eigenvalue weighted by Crippen LogP contribution is -2.26. The monoisotopic (exact) mass is 437 g/mol. The van der Waals surface area contributed by atoms with Crippen LogP contribution in [0.4, 0.5) is 15.1 Å². The van der Waals surface area contributed by atoms with Crippen LogP contribution in [0.3, 0.4) is 0 Å². The molecule has 1 atom stereocenters. The predicted molar refractivity (Wildman–Crippen MR) is 112 cm³/mol. The van der Waals surface area contributed by atoms with Gasteiger partial charge in [0.25, 0.3) is 15.6 Å². The average molecular weight is 438 g/mol. The minimum atomic E-state index is -4.04. The molecule has 4 rings (SSSR count). The first-order chi connectivity index (χ1) is 13.6. The van der Waals surface area contributed by atoms with Crippen molar-refractivity contribution in [3.63, 3.8) is 0 Å². The van der Waals surface area contributed by atoms with Crippen molar-refractivity contribution < 1.29 is 17.9 Å². The Kier molecular flexibility index (Phi) is 4.67. The number of fused-ring (bicyclic) bond motifs is 1. The summed E-state index contributed by atoms with van der Waals surface area (Å²) in [6.45, 7) is 4.93. The Balaban J connectivity index is 1.63. The van der Waals surface area contributed by atoms with Crippen LogP contribution in [0, 0.1) is 11.2 Å². The van der Waals surface area contributed by atoms with Gasteiger partial charge in [0.1, 0.15) is 10.0 Å². The van der Waals surface area contributed by atoms with Crippen LogP contribution in [-0.2, 0) is 10.0 Å². The molecular formula is C19H20FN3O4S2. The number of pyridine rings is 1. The number of thiophene rings is 1. The van der Waals surface area contributed by atoms with E-state index in [0.29, 0.717) is 23.5 Å². The number of aromatic amines is 1. The first-order valence-corrected chi connectivity index (χ1v) is 11.2. The van der Waals surface area contributed by atoms with Crippen molar-refractivity contribution in [1.29, 1.82) is 0 Å². The normalized spacial score (nSPS) is 19.0. The summed E-state index contributed by atoms with van der Waals surface area (Å²) in [5.41, 5.74) is -1.01. The highest BCUT2D eigenvalue weighted by molar-refractivity contribution is 7.94. The zero-order valence-corrected chi connectivity index (χ0v) is 17.4. The number of hydrogen-bond acceptors (Lipinski definition) is 6. The number of anilines is 2. The van der Waals surface area contributed by atoms with Gasteiger partial charge in [-0.25, -0.2) is 12.8 Å². The molecule has 0 spiro atoms. The van der Waals surface area contributed by atoms with Gasteiger partial charge in [0.2, 0.25) is 0 Å². The van der Waals surface area contributed by atoms with Gasteiger partial charge in [-0.2, -0.15) is 0 Å². The number of nitrogens with one attached hydrogen (secondary N) is 2. The summed E-state index contributed by atoms with van der Waals surface area (Å²) in [5, 5.41) is 11.4. The van der Waals surface area contributed by atoms with Crippen LogP contribution in [0.5, 0.6) is 0 Å². The van der Waals surface area contributed by atoms with Crippen molar-refractivity contribution in [2.24, 2.45) is 5.41 Å². The van der Waals surface area contributed by atoms with Gasteiger partial charge in [-0.15, -0.1) is 11.3 Å². The number of aliphatic hydroxyl groups excluding tert-OH is 1. The molecule has 154 valence electrons. The largest absolute Gasteiger partial charge is 0.391 e. The third-order valence-electron chi connectivity index (χ3n) is 5.14. The van der Waals surface area contributed by atoms with Crippen LogP contribution in [-0.4, -0.2) is 37.7 Å². The highest BCUT2D eigenvalue weighted by Gasteiger charge is 2.39. The van der Waals surface area contributed by atoms with E-state index >= 15 is 0 Å². The molecule has 1 saturated heterocycles. The molecule has 0 aliphatic carbocycles. The van der Waals surface area contributed by atoms with E-state index in [4.69, 9.17) is 0 Å². The fraction of sp³-hybridized carbons (Fsp3) is 0.316. The maximum absolute atomic E-state index is 14.4. The van der Waals surface area contributed by atoms with Crippen LogP contribution in [0.25, 0.3) is 10.8 Å². The zero-order chi connectivity index (χ0) is 21.0. The Morgan fingerprint density at radius 1 is 1.31 bits per heavy atom. The van der Waals surface area contributed by atoms with E-state index in [2.05, 4.69) is 9.71 Å². The molecule has 7 nitrogen and oxygen atoms in total. The van der Waals surface area contributed by atoms with Crippen LogP contribution >= 0.6 is 11.3 Å². The molecule has 0 unspecified atom stereocenters. The second-order valence-corrected chi connectivity index (χ2v) is 10.8. The van der Waals surface area contributed by atoms with Crippen LogP contribution in [0.1, 0.15) is 13.8 Å². The Hall–Kier alpha value is -2.43. The van der Waals surface area contributed by atoms with E-state index in [9.17, 15) is 22.7 Å². The Labute approximate surface area is 170 Å². The number of halogens is 1. The van der Waals surface area contributed by atoms with E-state index < -0.39 is 27.5 Å². The van der Waals surface area contributed by atoms with Gasteiger partial charge in [-0.1, -0.05) is 13.8 Å². The smallest absolute Gasteiger partial charge is 0.271 e. The average Bonchev–Trinajstić information content (AvgIpc) is 3.22. The molecular weight excluding hydrogens is 417 g/mol. The molecule has 0 saturated carbocycles. The number of hydrogen-bond donors (Lipinski definition) is 3. The highest BCUT2D eigenvalue weighted by Crippen LogP contribution is 2.38. The topological polar surface area (TPSA) is 103 Å². The molecule has 10 heteroatoms. The molecule has 1 aliphatic rings. The minimum Gasteiger partial charge on any atom is -0.391 e. The van der Waals surface area contributed by atoms with Crippen LogP contribution in [0.2, 0.25) is 0 Å². The van der Waals surface area contributed by atoms with Crippen molar-refractivity contribution in [3.05, 3.63) is 52.7 Å². The molecule has 0 radical (unpaired) electrons. The third-order valence-corrected chi connectivity index (χ3v) is 8.15. The number of sulfonamides is 1. The number of nitrogens with zero attached hydrogens (tertiary/aromatic N) is 1. The van der Waals surface area contributed by atoms with Gasteiger partial charge in [-0.3, -0.25) is 9.52 Å². The standard InChI is InChI=1S/C19H20FN3O4S2/c1-19(2)10-23(9-15(19)24)16-3-4-17(28-16)29(26,27)22-14-8-12-11(7-13(14)20)5-6-21-18(12)25/h3-8,15,22,24H,9-10H2,1-2H3,(H,21,25)/t15-/m0/s1. The van der Waals surface area contributed by atoms with Gasteiger partial charge in [0, 0.05) is 30.1 Å². The van der Waals surface area contributed by atoms with E-state index in [1.54, 1.807) is 6.07 Å².